The van der Waals surface area contributed by atoms with Crippen LogP contribution in [0.25, 0.3) is 0 Å². The maximum Gasteiger partial charge on any atom is 0.244 e. The summed E-state index contributed by atoms with van der Waals surface area (Å²) in [6, 6.07) is 16.4. The van der Waals surface area contributed by atoms with Gasteiger partial charge in [0.25, 0.3) is 0 Å². The van der Waals surface area contributed by atoms with Gasteiger partial charge in [0.1, 0.15) is 5.41 Å². The lowest BCUT2D eigenvalue weighted by atomic mass is 9.69. The van der Waals surface area contributed by atoms with Gasteiger partial charge in [0.05, 0.1) is 6.07 Å². The second-order valence-electron chi connectivity index (χ2n) is 6.40. The van der Waals surface area contributed by atoms with E-state index in [1.807, 2.05) is 24.3 Å². The first-order chi connectivity index (χ1) is 11.5. The van der Waals surface area contributed by atoms with Gasteiger partial charge in [-0.1, -0.05) is 23.9 Å². The molecule has 1 aliphatic rings. The molecule has 1 aliphatic carbocycles. The molecule has 0 atom stereocenters. The van der Waals surface area contributed by atoms with Crippen molar-refractivity contribution in [3.8, 4) is 6.07 Å². The molecule has 122 valence electrons. The van der Waals surface area contributed by atoms with E-state index in [1.54, 1.807) is 11.8 Å². The van der Waals surface area contributed by atoms with Crippen LogP contribution in [0.4, 0.5) is 5.69 Å². The number of carbonyl (C=O) groups excluding carboxylic acids is 1. The summed E-state index contributed by atoms with van der Waals surface area (Å²) in [5, 5.41) is 12.1. The molecule has 3 rings (SSSR count). The molecule has 2 aromatic carbocycles. The molecule has 2 aromatic rings. The van der Waals surface area contributed by atoms with Crippen LogP contribution in [0.2, 0.25) is 0 Å². The fourth-order valence-corrected chi connectivity index (χ4v) is 3.72. The predicted octanol–water partition coefficient (Wildman–Crippen LogP) is 5.09. The number of carbonyl (C=O) groups is 1. The fourth-order valence-electron chi connectivity index (χ4n) is 2.72. The van der Waals surface area contributed by atoms with Crippen molar-refractivity contribution in [1.82, 2.24) is 0 Å². The first-order valence-electron chi connectivity index (χ1n) is 8.10. The van der Waals surface area contributed by atoms with E-state index in [1.165, 1.54) is 16.0 Å². The van der Waals surface area contributed by atoms with Crippen molar-refractivity contribution in [2.75, 3.05) is 5.32 Å². The molecule has 0 bridgehead atoms. The second-order valence-corrected chi connectivity index (χ2v) is 7.51. The Morgan fingerprint density at radius 3 is 2.46 bits per heavy atom. The number of nitrogens with zero attached hydrogens (tertiary/aromatic N) is 1. The monoisotopic (exact) mass is 336 g/mol. The second kappa shape index (κ2) is 6.70. The standard InChI is InChI=1S/C20H20N2OS/c1-14-4-5-15(2)18(12-14)24-17-8-6-16(7-9-17)22-19(23)20(13-21)10-3-11-20/h4-9,12H,3,10-11H2,1-2H3,(H,22,23). The highest BCUT2D eigenvalue weighted by atomic mass is 32.2. The van der Waals surface area contributed by atoms with Crippen molar-refractivity contribution in [2.24, 2.45) is 5.41 Å². The van der Waals surface area contributed by atoms with Gasteiger partial charge in [-0.05, 0) is 74.6 Å². The van der Waals surface area contributed by atoms with Gasteiger partial charge in [-0.15, -0.1) is 0 Å². The molecule has 0 aromatic heterocycles. The summed E-state index contributed by atoms with van der Waals surface area (Å²) in [6.07, 6.45) is 2.28. The average molecular weight is 336 g/mol. The Balaban J connectivity index is 1.68. The number of nitrogens with one attached hydrogen (secondary N) is 1. The molecule has 0 heterocycles. The van der Waals surface area contributed by atoms with Crippen molar-refractivity contribution < 1.29 is 4.79 Å². The Hall–Kier alpha value is -2.25. The predicted molar refractivity (Wildman–Crippen MR) is 97.0 cm³/mol. The lowest BCUT2D eigenvalue weighted by Gasteiger charge is -2.33. The van der Waals surface area contributed by atoms with Crippen LogP contribution < -0.4 is 5.32 Å². The Morgan fingerprint density at radius 1 is 1.17 bits per heavy atom. The van der Waals surface area contributed by atoms with Gasteiger partial charge in [-0.3, -0.25) is 4.79 Å². The Labute approximate surface area is 147 Å². The van der Waals surface area contributed by atoms with Gasteiger partial charge in [-0.2, -0.15) is 5.26 Å². The van der Waals surface area contributed by atoms with Gasteiger partial charge in [-0.25, -0.2) is 0 Å². The van der Waals surface area contributed by atoms with Crippen molar-refractivity contribution in [2.45, 2.75) is 42.9 Å². The Morgan fingerprint density at radius 2 is 1.88 bits per heavy atom. The van der Waals surface area contributed by atoms with E-state index < -0.39 is 5.41 Å². The van der Waals surface area contributed by atoms with Crippen molar-refractivity contribution >= 4 is 23.4 Å². The summed E-state index contributed by atoms with van der Waals surface area (Å²) < 4.78 is 0. The molecule has 0 saturated heterocycles. The minimum atomic E-state index is -0.813. The van der Waals surface area contributed by atoms with Crippen LogP contribution in [0.5, 0.6) is 0 Å². The minimum Gasteiger partial charge on any atom is -0.325 e. The number of nitriles is 1. The summed E-state index contributed by atoms with van der Waals surface area (Å²) in [6.45, 7) is 4.20. The third kappa shape index (κ3) is 3.32. The SMILES string of the molecule is Cc1ccc(C)c(Sc2ccc(NC(=O)C3(C#N)CCC3)cc2)c1. The zero-order valence-corrected chi connectivity index (χ0v) is 14.7. The smallest absolute Gasteiger partial charge is 0.244 e. The molecular formula is C20H20N2OS. The molecule has 0 radical (unpaired) electrons. The fraction of sp³-hybridized carbons (Fsp3) is 0.300. The molecule has 24 heavy (non-hydrogen) atoms. The maximum atomic E-state index is 12.3. The van der Waals surface area contributed by atoms with E-state index in [0.29, 0.717) is 12.8 Å². The number of benzene rings is 2. The lowest BCUT2D eigenvalue weighted by Crippen LogP contribution is -2.40. The van der Waals surface area contributed by atoms with E-state index in [0.717, 1.165) is 17.0 Å². The number of hydrogen-bond acceptors (Lipinski definition) is 3. The molecular weight excluding hydrogens is 316 g/mol. The molecule has 0 unspecified atom stereocenters. The summed E-state index contributed by atoms with van der Waals surface area (Å²) in [7, 11) is 0. The summed E-state index contributed by atoms with van der Waals surface area (Å²) in [5.41, 5.74) is 2.43. The summed E-state index contributed by atoms with van der Waals surface area (Å²) >= 11 is 1.72. The van der Waals surface area contributed by atoms with E-state index >= 15 is 0 Å². The molecule has 0 spiro atoms. The van der Waals surface area contributed by atoms with Gasteiger partial charge < -0.3 is 5.32 Å². The van der Waals surface area contributed by atoms with Crippen LogP contribution in [0.15, 0.2) is 52.3 Å². The van der Waals surface area contributed by atoms with Gasteiger partial charge >= 0.3 is 0 Å². The number of rotatable bonds is 4. The highest BCUT2D eigenvalue weighted by Crippen LogP contribution is 2.41. The number of anilines is 1. The minimum absolute atomic E-state index is 0.175. The quantitative estimate of drug-likeness (QED) is 0.846. The molecule has 1 N–H and O–H groups in total. The number of amides is 1. The molecule has 3 nitrogen and oxygen atoms in total. The van der Waals surface area contributed by atoms with Crippen LogP contribution in [0.1, 0.15) is 30.4 Å². The molecule has 4 heteroatoms. The van der Waals surface area contributed by atoms with Crippen molar-refractivity contribution in [1.29, 1.82) is 5.26 Å². The van der Waals surface area contributed by atoms with Crippen LogP contribution in [0, 0.1) is 30.6 Å². The lowest BCUT2D eigenvalue weighted by molar-refractivity contribution is -0.126. The Bertz CT molecular complexity index is 801. The Kier molecular flexibility index (Phi) is 4.64. The van der Waals surface area contributed by atoms with E-state index in [9.17, 15) is 10.1 Å². The maximum absolute atomic E-state index is 12.3. The topological polar surface area (TPSA) is 52.9 Å². The number of aryl methyl sites for hydroxylation is 2. The van der Waals surface area contributed by atoms with Crippen LogP contribution in [-0.4, -0.2) is 5.91 Å². The van der Waals surface area contributed by atoms with Crippen LogP contribution in [-0.2, 0) is 4.79 Å². The van der Waals surface area contributed by atoms with Gasteiger partial charge in [0.15, 0.2) is 0 Å². The number of hydrogen-bond donors (Lipinski definition) is 1. The molecule has 1 fully saturated rings. The van der Waals surface area contributed by atoms with Crippen molar-refractivity contribution in [3.05, 3.63) is 53.6 Å². The van der Waals surface area contributed by atoms with E-state index in [-0.39, 0.29) is 5.91 Å². The first-order valence-corrected chi connectivity index (χ1v) is 8.92. The molecule has 1 amide bonds. The zero-order chi connectivity index (χ0) is 17.2. The van der Waals surface area contributed by atoms with Gasteiger partial charge in [0.2, 0.25) is 5.91 Å². The normalized spacial score (nSPS) is 15.2. The van der Waals surface area contributed by atoms with Crippen LogP contribution >= 0.6 is 11.8 Å². The summed E-state index contributed by atoms with van der Waals surface area (Å²) in [4.78, 5) is 14.6. The largest absolute Gasteiger partial charge is 0.325 e. The van der Waals surface area contributed by atoms with Crippen molar-refractivity contribution in [3.63, 3.8) is 0 Å². The van der Waals surface area contributed by atoms with E-state index in [2.05, 4.69) is 43.4 Å². The van der Waals surface area contributed by atoms with Gasteiger partial charge in [0, 0.05) is 15.5 Å². The first kappa shape index (κ1) is 16.6. The zero-order valence-electron chi connectivity index (χ0n) is 13.9. The molecule has 1 saturated carbocycles. The third-order valence-corrected chi connectivity index (χ3v) is 5.71. The highest BCUT2D eigenvalue weighted by molar-refractivity contribution is 7.99. The molecule has 0 aliphatic heterocycles. The van der Waals surface area contributed by atoms with E-state index in [4.69, 9.17) is 0 Å². The highest BCUT2D eigenvalue weighted by Gasteiger charge is 2.44. The third-order valence-electron chi connectivity index (χ3n) is 4.54. The summed E-state index contributed by atoms with van der Waals surface area (Å²) in [5.74, 6) is -0.175. The van der Waals surface area contributed by atoms with Crippen LogP contribution in [0.3, 0.4) is 0 Å². The average Bonchev–Trinajstić information content (AvgIpc) is 2.52.